The number of fused-ring (bicyclic) bond motifs is 2. The van der Waals surface area contributed by atoms with Crippen LogP contribution in [0.2, 0.25) is 0 Å². The normalized spacial score (nSPS) is 13.9. The monoisotopic (exact) mass is 415 g/mol. The van der Waals surface area contributed by atoms with E-state index in [0.29, 0.717) is 0 Å². The van der Waals surface area contributed by atoms with Crippen LogP contribution in [0.15, 0.2) is 59.4 Å². The highest BCUT2D eigenvalue weighted by molar-refractivity contribution is 5.81. The molecule has 5 rings (SSSR count). The second-order valence-electron chi connectivity index (χ2n) is 7.97. The molecule has 0 saturated carbocycles. The van der Waals surface area contributed by atoms with Crippen molar-refractivity contribution in [2.45, 2.75) is 19.5 Å². The molecule has 0 spiro atoms. The van der Waals surface area contributed by atoms with Crippen LogP contribution in [-0.4, -0.2) is 35.6 Å². The summed E-state index contributed by atoms with van der Waals surface area (Å²) in [6, 6.07) is 18.8. The lowest BCUT2D eigenvalue weighted by atomic mass is 9.98. The molecule has 0 bridgehead atoms. The molecule has 158 valence electrons. The molecule has 0 atom stereocenters. The number of imidazole rings is 1. The van der Waals surface area contributed by atoms with Crippen LogP contribution in [0.25, 0.3) is 22.2 Å². The fourth-order valence-corrected chi connectivity index (χ4v) is 4.35. The summed E-state index contributed by atoms with van der Waals surface area (Å²) in [7, 11) is 3.36. The number of nitrogens with zero attached hydrogens (tertiary/aromatic N) is 1. The van der Waals surface area contributed by atoms with Crippen molar-refractivity contribution in [1.82, 2.24) is 14.9 Å². The van der Waals surface area contributed by atoms with Crippen LogP contribution in [0.1, 0.15) is 16.7 Å². The van der Waals surface area contributed by atoms with E-state index in [1.165, 1.54) is 16.7 Å². The zero-order chi connectivity index (χ0) is 21.4. The summed E-state index contributed by atoms with van der Waals surface area (Å²) in [6.07, 6.45) is 1.00. The minimum Gasteiger partial charge on any atom is -0.493 e. The quantitative estimate of drug-likeness (QED) is 0.515. The predicted octanol–water partition coefficient (Wildman–Crippen LogP) is 4.10. The first-order valence-corrected chi connectivity index (χ1v) is 10.4. The predicted molar refractivity (Wildman–Crippen MR) is 122 cm³/mol. The highest BCUT2D eigenvalue weighted by Crippen LogP contribution is 2.33. The maximum Gasteiger partial charge on any atom is 0.323 e. The van der Waals surface area contributed by atoms with Crippen molar-refractivity contribution >= 4 is 11.0 Å². The summed E-state index contributed by atoms with van der Waals surface area (Å²) < 4.78 is 10.9. The third-order valence-corrected chi connectivity index (χ3v) is 6.01. The van der Waals surface area contributed by atoms with Crippen LogP contribution in [0, 0.1) is 0 Å². The molecule has 0 amide bonds. The Labute approximate surface area is 180 Å². The summed E-state index contributed by atoms with van der Waals surface area (Å²) in [5, 5.41) is 0. The molecule has 1 aromatic heterocycles. The minimum absolute atomic E-state index is 0.179. The number of ether oxygens (including phenoxy) is 2. The summed E-state index contributed by atoms with van der Waals surface area (Å²) in [4.78, 5) is 19.5. The van der Waals surface area contributed by atoms with Crippen LogP contribution >= 0.6 is 0 Å². The molecular weight excluding hydrogens is 390 g/mol. The molecule has 0 fully saturated rings. The lowest BCUT2D eigenvalue weighted by Crippen LogP contribution is -2.30. The molecular formula is C25H25N3O3. The lowest BCUT2D eigenvalue weighted by molar-refractivity contribution is 0.244. The molecule has 0 unspecified atom stereocenters. The Hall–Kier alpha value is -3.51. The number of rotatable bonds is 5. The summed E-state index contributed by atoms with van der Waals surface area (Å²) in [5.41, 5.74) is 7.61. The van der Waals surface area contributed by atoms with Gasteiger partial charge in [0.15, 0.2) is 11.5 Å². The largest absolute Gasteiger partial charge is 0.493 e. The van der Waals surface area contributed by atoms with E-state index in [2.05, 4.69) is 51.3 Å². The van der Waals surface area contributed by atoms with Crippen LogP contribution < -0.4 is 15.2 Å². The highest BCUT2D eigenvalue weighted by atomic mass is 16.5. The van der Waals surface area contributed by atoms with Crippen molar-refractivity contribution in [3.63, 3.8) is 0 Å². The fraction of sp³-hybridized carbons (Fsp3) is 0.240. The smallest absolute Gasteiger partial charge is 0.323 e. The first kappa shape index (κ1) is 19.5. The topological polar surface area (TPSA) is 70.3 Å². The maximum absolute atomic E-state index is 11.5. The van der Waals surface area contributed by atoms with E-state index < -0.39 is 0 Å². The molecule has 0 aliphatic carbocycles. The van der Waals surface area contributed by atoms with Gasteiger partial charge >= 0.3 is 5.69 Å². The van der Waals surface area contributed by atoms with Crippen molar-refractivity contribution in [2.75, 3.05) is 20.8 Å². The van der Waals surface area contributed by atoms with E-state index in [0.717, 1.165) is 59.7 Å². The summed E-state index contributed by atoms with van der Waals surface area (Å²) in [6.45, 7) is 2.81. The Morgan fingerprint density at radius 2 is 1.52 bits per heavy atom. The van der Waals surface area contributed by atoms with E-state index in [1.54, 1.807) is 14.2 Å². The van der Waals surface area contributed by atoms with Gasteiger partial charge in [-0.1, -0.05) is 30.3 Å². The number of H-pyrrole nitrogens is 2. The first-order valence-electron chi connectivity index (χ1n) is 10.4. The molecule has 0 radical (unpaired) electrons. The number of benzene rings is 3. The molecule has 2 N–H and O–H groups in total. The van der Waals surface area contributed by atoms with Crippen LogP contribution in [-0.2, 0) is 19.5 Å². The average molecular weight is 415 g/mol. The van der Waals surface area contributed by atoms with Gasteiger partial charge in [0.25, 0.3) is 0 Å². The van der Waals surface area contributed by atoms with E-state index in [4.69, 9.17) is 9.47 Å². The molecule has 0 saturated heterocycles. The van der Waals surface area contributed by atoms with E-state index in [-0.39, 0.29) is 5.69 Å². The fourth-order valence-electron chi connectivity index (χ4n) is 4.35. The third-order valence-electron chi connectivity index (χ3n) is 6.01. The Kier molecular flexibility index (Phi) is 5.00. The van der Waals surface area contributed by atoms with E-state index >= 15 is 0 Å². The van der Waals surface area contributed by atoms with Gasteiger partial charge in [-0.3, -0.25) is 4.90 Å². The van der Waals surface area contributed by atoms with Crippen LogP contribution in [0.5, 0.6) is 11.5 Å². The van der Waals surface area contributed by atoms with Gasteiger partial charge in [-0.05, 0) is 58.5 Å². The van der Waals surface area contributed by atoms with Crippen molar-refractivity contribution in [2.24, 2.45) is 0 Å². The van der Waals surface area contributed by atoms with Crippen LogP contribution in [0.3, 0.4) is 0 Å². The minimum atomic E-state index is -0.179. The van der Waals surface area contributed by atoms with Gasteiger partial charge in [-0.2, -0.15) is 0 Å². The third kappa shape index (κ3) is 3.82. The van der Waals surface area contributed by atoms with Gasteiger partial charge in [0.2, 0.25) is 0 Å². The zero-order valence-corrected chi connectivity index (χ0v) is 17.7. The Morgan fingerprint density at radius 1 is 0.839 bits per heavy atom. The van der Waals surface area contributed by atoms with Crippen molar-refractivity contribution < 1.29 is 9.47 Å². The first-order chi connectivity index (χ1) is 15.1. The number of aromatic nitrogens is 2. The number of nitrogens with one attached hydrogen (secondary N) is 2. The van der Waals surface area contributed by atoms with E-state index in [9.17, 15) is 4.79 Å². The standard InChI is InChI=1S/C25H25N3O3/c1-30-23-12-19-9-10-28(15-20(19)13-24(23)31-2)14-16-3-5-17(6-4-16)18-7-8-21-22(11-18)27-25(29)26-21/h3-8,11-13H,9-10,14-15H2,1-2H3,(H2,26,27,29). The Bertz CT molecular complexity index is 1290. The van der Waals surface area contributed by atoms with E-state index in [1.807, 2.05) is 18.2 Å². The molecule has 31 heavy (non-hydrogen) atoms. The van der Waals surface area contributed by atoms with Crippen molar-refractivity contribution in [1.29, 1.82) is 0 Å². The Balaban J connectivity index is 1.31. The van der Waals surface area contributed by atoms with Crippen molar-refractivity contribution in [3.05, 3.63) is 81.8 Å². The number of methoxy groups -OCH3 is 2. The van der Waals surface area contributed by atoms with Gasteiger partial charge in [0.1, 0.15) is 0 Å². The number of hydrogen-bond donors (Lipinski definition) is 2. The van der Waals surface area contributed by atoms with Crippen molar-refractivity contribution in [3.8, 4) is 22.6 Å². The van der Waals surface area contributed by atoms with Gasteiger partial charge in [-0.25, -0.2) is 4.79 Å². The second-order valence-corrected chi connectivity index (χ2v) is 7.97. The average Bonchev–Trinajstić information content (AvgIpc) is 3.17. The Morgan fingerprint density at radius 3 is 2.26 bits per heavy atom. The summed E-state index contributed by atoms with van der Waals surface area (Å²) in [5.74, 6) is 1.58. The zero-order valence-electron chi connectivity index (χ0n) is 17.7. The van der Waals surface area contributed by atoms with Gasteiger partial charge in [-0.15, -0.1) is 0 Å². The molecule has 6 nitrogen and oxygen atoms in total. The number of hydrogen-bond acceptors (Lipinski definition) is 4. The SMILES string of the molecule is COc1cc2c(cc1OC)CN(Cc1ccc(-c3ccc4[nH]c(=O)[nH]c4c3)cc1)CC2. The van der Waals surface area contributed by atoms with Gasteiger partial charge in [0.05, 0.1) is 25.3 Å². The highest BCUT2D eigenvalue weighted by Gasteiger charge is 2.19. The van der Waals surface area contributed by atoms with Gasteiger partial charge in [0, 0.05) is 19.6 Å². The molecule has 2 heterocycles. The molecule has 1 aliphatic heterocycles. The molecule has 3 aromatic carbocycles. The second kappa shape index (κ2) is 7.96. The molecule has 4 aromatic rings. The van der Waals surface area contributed by atoms with Gasteiger partial charge < -0.3 is 19.4 Å². The number of aromatic amines is 2. The molecule has 6 heteroatoms. The maximum atomic E-state index is 11.5. The molecule has 1 aliphatic rings. The van der Waals surface area contributed by atoms with Crippen LogP contribution in [0.4, 0.5) is 0 Å². The lowest BCUT2D eigenvalue weighted by Gasteiger charge is -2.29. The summed E-state index contributed by atoms with van der Waals surface area (Å²) >= 11 is 0.